The van der Waals surface area contributed by atoms with Gasteiger partial charge in [0.05, 0.1) is 16.3 Å². The first kappa shape index (κ1) is 25.3. The van der Waals surface area contributed by atoms with Crippen molar-refractivity contribution in [3.8, 4) is 11.5 Å². The molecule has 0 aromatic heterocycles. The molecule has 4 aromatic rings. The zero-order chi connectivity index (χ0) is 25.5. The number of carbonyl (C=O) groups excluding carboxylic acids is 1. The summed E-state index contributed by atoms with van der Waals surface area (Å²) in [5, 5.41) is 2.72. The van der Waals surface area contributed by atoms with Gasteiger partial charge < -0.3 is 10.1 Å². The second-order valence-corrected chi connectivity index (χ2v) is 10.4. The lowest BCUT2D eigenvalue weighted by Gasteiger charge is -2.24. The van der Waals surface area contributed by atoms with Gasteiger partial charge in [-0.15, -0.1) is 11.8 Å². The van der Waals surface area contributed by atoms with Crippen molar-refractivity contribution in [1.82, 2.24) is 0 Å². The monoisotopic (exact) mass is 522 g/mol. The lowest BCUT2D eigenvalue weighted by molar-refractivity contribution is -0.114. The van der Waals surface area contributed by atoms with Gasteiger partial charge in [-0.1, -0.05) is 36.4 Å². The third kappa shape index (κ3) is 6.05. The highest BCUT2D eigenvalue weighted by atomic mass is 32.2. The van der Waals surface area contributed by atoms with Crippen molar-refractivity contribution in [3.63, 3.8) is 0 Å². The second-order valence-electron chi connectivity index (χ2n) is 7.63. The Morgan fingerprint density at radius 3 is 2.31 bits per heavy atom. The van der Waals surface area contributed by atoms with Gasteiger partial charge in [0.2, 0.25) is 5.91 Å². The number of hydrogen-bond acceptors (Lipinski definition) is 5. The molecular formula is C27H23FN2O4S2. The number of para-hydroxylation sites is 3. The number of sulfonamides is 1. The van der Waals surface area contributed by atoms with Gasteiger partial charge in [0, 0.05) is 4.90 Å². The Kier molecular flexibility index (Phi) is 7.92. The largest absolute Gasteiger partial charge is 0.455 e. The van der Waals surface area contributed by atoms with E-state index < -0.39 is 28.3 Å². The Morgan fingerprint density at radius 1 is 0.917 bits per heavy atom. The van der Waals surface area contributed by atoms with Crippen LogP contribution in [0.25, 0.3) is 0 Å². The minimum Gasteiger partial charge on any atom is -0.455 e. The van der Waals surface area contributed by atoms with E-state index in [0.717, 1.165) is 15.3 Å². The maximum atomic E-state index is 14.0. The molecular weight excluding hydrogens is 499 g/mol. The maximum absolute atomic E-state index is 14.0. The van der Waals surface area contributed by atoms with Crippen LogP contribution in [0, 0.1) is 5.82 Å². The van der Waals surface area contributed by atoms with Gasteiger partial charge in [-0.25, -0.2) is 12.8 Å². The number of carbonyl (C=O) groups is 1. The van der Waals surface area contributed by atoms with Crippen molar-refractivity contribution in [2.45, 2.75) is 9.79 Å². The molecule has 0 saturated carbocycles. The molecule has 1 amide bonds. The molecule has 36 heavy (non-hydrogen) atoms. The molecule has 0 saturated heterocycles. The minimum atomic E-state index is -4.18. The Labute approximate surface area is 213 Å². The first-order valence-corrected chi connectivity index (χ1v) is 13.6. The molecule has 0 unspecified atom stereocenters. The Hall–Kier alpha value is -3.82. The number of hydrogen-bond donors (Lipinski definition) is 1. The maximum Gasteiger partial charge on any atom is 0.264 e. The molecule has 0 aliphatic carbocycles. The summed E-state index contributed by atoms with van der Waals surface area (Å²) in [6.45, 7) is -0.574. The molecule has 0 heterocycles. The summed E-state index contributed by atoms with van der Waals surface area (Å²) in [4.78, 5) is 14.0. The lowest BCUT2D eigenvalue weighted by atomic mass is 10.2. The van der Waals surface area contributed by atoms with Crippen LogP contribution in [0.5, 0.6) is 11.5 Å². The number of halogens is 1. The normalized spacial score (nSPS) is 11.1. The van der Waals surface area contributed by atoms with E-state index in [1.807, 2.05) is 24.5 Å². The minimum absolute atomic E-state index is 0.00910. The van der Waals surface area contributed by atoms with E-state index >= 15 is 0 Å². The van der Waals surface area contributed by atoms with Crippen LogP contribution in [0.2, 0.25) is 0 Å². The van der Waals surface area contributed by atoms with E-state index in [2.05, 4.69) is 5.32 Å². The van der Waals surface area contributed by atoms with E-state index in [1.165, 1.54) is 42.1 Å². The quantitative estimate of drug-likeness (QED) is 0.266. The van der Waals surface area contributed by atoms with Crippen molar-refractivity contribution in [3.05, 3.63) is 109 Å². The van der Waals surface area contributed by atoms with Crippen molar-refractivity contribution in [1.29, 1.82) is 0 Å². The molecule has 4 aromatic carbocycles. The number of amides is 1. The highest BCUT2D eigenvalue weighted by Gasteiger charge is 2.28. The molecule has 4 rings (SSSR count). The van der Waals surface area contributed by atoms with E-state index in [-0.39, 0.29) is 10.6 Å². The number of nitrogens with one attached hydrogen (secondary N) is 1. The first-order chi connectivity index (χ1) is 17.4. The predicted octanol–water partition coefficient (Wildman–Crippen LogP) is 6.17. The molecule has 0 atom stereocenters. The molecule has 0 aliphatic rings. The van der Waals surface area contributed by atoms with Crippen molar-refractivity contribution in [2.24, 2.45) is 0 Å². The van der Waals surface area contributed by atoms with Gasteiger partial charge in [-0.3, -0.25) is 9.10 Å². The Morgan fingerprint density at radius 2 is 1.61 bits per heavy atom. The van der Waals surface area contributed by atoms with Crippen LogP contribution in [-0.4, -0.2) is 27.1 Å². The number of anilines is 2. The summed E-state index contributed by atoms with van der Waals surface area (Å²) in [5.41, 5.74) is 0.403. The zero-order valence-corrected chi connectivity index (χ0v) is 20.9. The third-order valence-electron chi connectivity index (χ3n) is 5.16. The van der Waals surface area contributed by atoms with Gasteiger partial charge in [-0.2, -0.15) is 0 Å². The van der Waals surface area contributed by atoms with E-state index in [4.69, 9.17) is 4.74 Å². The van der Waals surface area contributed by atoms with E-state index in [0.29, 0.717) is 17.2 Å². The van der Waals surface area contributed by atoms with Crippen LogP contribution in [0.3, 0.4) is 0 Å². The average molecular weight is 523 g/mol. The van der Waals surface area contributed by atoms with Crippen molar-refractivity contribution >= 4 is 39.1 Å². The molecule has 0 spiro atoms. The number of rotatable bonds is 9. The molecule has 0 aliphatic heterocycles. The summed E-state index contributed by atoms with van der Waals surface area (Å²) < 4.78 is 47.8. The van der Waals surface area contributed by atoms with Gasteiger partial charge in [0.15, 0.2) is 5.75 Å². The lowest BCUT2D eigenvalue weighted by Crippen LogP contribution is -2.38. The Bertz CT molecular complexity index is 1450. The van der Waals surface area contributed by atoms with Gasteiger partial charge in [-0.05, 0) is 73.0 Å². The summed E-state index contributed by atoms with van der Waals surface area (Å²) in [6.07, 6.45) is 1.88. The standard InChI is InChI=1S/C27H23FN2O4S2/c1-35-23-14-16-24(17-15-23)36(32,33)30(21-9-7-8-20(28)18-21)19-27(31)29-25-12-5-6-13-26(25)34-22-10-3-2-4-11-22/h2-18H,19H2,1H3,(H,29,31). The molecule has 1 N–H and O–H groups in total. The molecule has 9 heteroatoms. The molecule has 184 valence electrons. The van der Waals surface area contributed by atoms with Crippen LogP contribution >= 0.6 is 11.8 Å². The third-order valence-corrected chi connectivity index (χ3v) is 7.69. The molecule has 6 nitrogen and oxygen atoms in total. The van der Waals surface area contributed by atoms with Gasteiger partial charge >= 0.3 is 0 Å². The van der Waals surface area contributed by atoms with Crippen LogP contribution in [0.1, 0.15) is 0 Å². The van der Waals surface area contributed by atoms with Crippen LogP contribution in [-0.2, 0) is 14.8 Å². The van der Waals surface area contributed by atoms with Gasteiger partial charge in [0.1, 0.15) is 18.1 Å². The average Bonchev–Trinajstić information content (AvgIpc) is 2.89. The molecule has 0 fully saturated rings. The molecule has 0 radical (unpaired) electrons. The van der Waals surface area contributed by atoms with Crippen LogP contribution in [0.15, 0.2) is 113 Å². The first-order valence-electron chi connectivity index (χ1n) is 10.9. The number of benzene rings is 4. The van der Waals surface area contributed by atoms with E-state index in [1.54, 1.807) is 48.5 Å². The summed E-state index contributed by atoms with van der Waals surface area (Å²) in [6, 6.07) is 27.3. The summed E-state index contributed by atoms with van der Waals surface area (Å²) in [5.74, 6) is -0.262. The number of thioether (sulfide) groups is 1. The van der Waals surface area contributed by atoms with Crippen molar-refractivity contribution < 1.29 is 22.3 Å². The molecule has 0 bridgehead atoms. The van der Waals surface area contributed by atoms with E-state index in [9.17, 15) is 17.6 Å². The Balaban J connectivity index is 1.62. The van der Waals surface area contributed by atoms with Crippen molar-refractivity contribution in [2.75, 3.05) is 22.4 Å². The van der Waals surface area contributed by atoms with Crippen LogP contribution in [0.4, 0.5) is 15.8 Å². The fraction of sp³-hybridized carbons (Fsp3) is 0.0741. The number of nitrogens with zero attached hydrogens (tertiary/aromatic N) is 1. The summed E-state index contributed by atoms with van der Waals surface area (Å²) in [7, 11) is -4.18. The summed E-state index contributed by atoms with van der Waals surface area (Å²) >= 11 is 1.47. The zero-order valence-electron chi connectivity index (χ0n) is 19.3. The predicted molar refractivity (Wildman–Crippen MR) is 141 cm³/mol. The van der Waals surface area contributed by atoms with Crippen LogP contribution < -0.4 is 14.4 Å². The fourth-order valence-corrected chi connectivity index (χ4v) is 5.24. The number of ether oxygens (including phenoxy) is 1. The topological polar surface area (TPSA) is 75.7 Å². The smallest absolute Gasteiger partial charge is 0.264 e. The fourth-order valence-electron chi connectivity index (χ4n) is 3.42. The highest BCUT2D eigenvalue weighted by Crippen LogP contribution is 2.30. The second kappa shape index (κ2) is 11.3. The van der Waals surface area contributed by atoms with Gasteiger partial charge in [0.25, 0.3) is 10.0 Å². The highest BCUT2D eigenvalue weighted by molar-refractivity contribution is 7.98. The SMILES string of the molecule is CSc1ccc(S(=O)(=O)N(CC(=O)Nc2ccccc2Oc2ccccc2)c2cccc(F)c2)cc1.